The van der Waals surface area contributed by atoms with E-state index in [1.165, 1.54) is 18.2 Å². The number of piperidine rings is 1. The number of likely N-dealkylation sites (N-methyl/N-ethyl adjacent to an activating group) is 1. The monoisotopic (exact) mass is 394 g/mol. The molecule has 1 atom stereocenters. The maximum absolute atomic E-state index is 11.5. The molecule has 1 fully saturated rings. The smallest absolute Gasteiger partial charge is 0.407 e. The minimum atomic E-state index is -0.529. The third-order valence-electron chi connectivity index (χ3n) is 3.97. The van der Waals surface area contributed by atoms with Crippen molar-refractivity contribution in [3.8, 4) is 0 Å². The molecule has 1 heterocycles. The number of nitro groups is 1. The molecule has 9 nitrogen and oxygen atoms in total. The van der Waals surface area contributed by atoms with Crippen molar-refractivity contribution in [2.45, 2.75) is 45.3 Å². The van der Waals surface area contributed by atoms with E-state index in [1.807, 2.05) is 20.8 Å². The molecule has 1 aliphatic heterocycles. The van der Waals surface area contributed by atoms with Crippen LogP contribution in [0.4, 0.5) is 16.2 Å². The third-order valence-corrected chi connectivity index (χ3v) is 3.97. The van der Waals surface area contributed by atoms with Gasteiger partial charge in [-0.3, -0.25) is 14.9 Å². The fraction of sp³-hybridized carbons (Fsp3) is 0.579. The quantitative estimate of drug-likeness (QED) is 0.458. The molecule has 9 heteroatoms. The lowest BCUT2D eigenvalue weighted by Crippen LogP contribution is -2.47. The average Bonchev–Trinajstić information content (AvgIpc) is 2.60. The van der Waals surface area contributed by atoms with Gasteiger partial charge in [-0.25, -0.2) is 4.79 Å². The van der Waals surface area contributed by atoms with Crippen molar-refractivity contribution < 1.29 is 19.2 Å². The molecule has 2 N–H and O–H groups in total. The van der Waals surface area contributed by atoms with Crippen molar-refractivity contribution >= 4 is 23.8 Å². The number of rotatable bonds is 4. The van der Waals surface area contributed by atoms with Gasteiger partial charge in [0.2, 0.25) is 0 Å². The summed E-state index contributed by atoms with van der Waals surface area (Å²) in [5, 5.41) is 16.1. The van der Waals surface area contributed by atoms with E-state index >= 15 is 0 Å². The lowest BCUT2D eigenvalue weighted by Gasteiger charge is -2.31. The summed E-state index contributed by atoms with van der Waals surface area (Å²) in [6, 6.07) is 4.49. The van der Waals surface area contributed by atoms with E-state index in [0.717, 1.165) is 25.9 Å². The van der Waals surface area contributed by atoms with Crippen LogP contribution < -0.4 is 10.6 Å². The van der Waals surface area contributed by atoms with Crippen molar-refractivity contribution in [1.82, 2.24) is 10.2 Å². The maximum Gasteiger partial charge on any atom is 0.407 e. The second kappa shape index (κ2) is 10.6. The number of nitrogens with one attached hydrogen (secondary N) is 2. The zero-order valence-corrected chi connectivity index (χ0v) is 17.2. The lowest BCUT2D eigenvalue weighted by molar-refractivity contribution is -0.384. The number of carbonyl (C=O) groups excluding carboxylic acids is 2. The van der Waals surface area contributed by atoms with Gasteiger partial charge in [0.05, 0.1) is 4.92 Å². The molecule has 1 aromatic carbocycles. The third kappa shape index (κ3) is 8.34. The van der Waals surface area contributed by atoms with Crippen LogP contribution in [0.3, 0.4) is 0 Å². The maximum atomic E-state index is 11.5. The molecule has 1 saturated heterocycles. The first-order valence-electron chi connectivity index (χ1n) is 9.15. The highest BCUT2D eigenvalue weighted by molar-refractivity contribution is 5.79. The lowest BCUT2D eigenvalue weighted by atomic mass is 10.1. The summed E-state index contributed by atoms with van der Waals surface area (Å²) >= 11 is 0. The zero-order valence-electron chi connectivity index (χ0n) is 17.2. The first-order chi connectivity index (χ1) is 13.1. The van der Waals surface area contributed by atoms with Crippen molar-refractivity contribution in [1.29, 1.82) is 0 Å². The summed E-state index contributed by atoms with van der Waals surface area (Å²) in [7, 11) is 3.66. The Morgan fingerprint density at radius 2 is 2.07 bits per heavy atom. The van der Waals surface area contributed by atoms with Crippen LogP contribution in [-0.2, 0) is 4.74 Å². The highest BCUT2D eigenvalue weighted by atomic mass is 16.6. The standard InChI is InChI=1S/C11H22N2O2.C8H8N2O3/c1-11(2,3)15-10(14)12-9-6-5-7-13(4)8-9;1-9-7-3-2-6(5-11)4-8(7)10(12)13/h9H,5-8H2,1-4H3,(H,12,14);2-5,9H,1H3. The highest BCUT2D eigenvalue weighted by Crippen LogP contribution is 2.24. The van der Waals surface area contributed by atoms with Gasteiger partial charge in [-0.15, -0.1) is 0 Å². The van der Waals surface area contributed by atoms with Crippen molar-refractivity contribution in [2.24, 2.45) is 0 Å². The van der Waals surface area contributed by atoms with E-state index < -0.39 is 10.5 Å². The van der Waals surface area contributed by atoms with E-state index in [9.17, 15) is 19.7 Å². The van der Waals surface area contributed by atoms with Gasteiger partial charge in [0.1, 0.15) is 17.6 Å². The predicted octanol–water partition coefficient (Wildman–Crippen LogP) is 3.05. The van der Waals surface area contributed by atoms with Crippen LogP contribution in [0.25, 0.3) is 0 Å². The number of nitro benzene ring substituents is 1. The van der Waals surface area contributed by atoms with Crippen molar-refractivity contribution in [3.63, 3.8) is 0 Å². The second-order valence-electron chi connectivity index (χ2n) is 7.65. The van der Waals surface area contributed by atoms with E-state index in [0.29, 0.717) is 17.5 Å². The number of benzene rings is 1. The van der Waals surface area contributed by atoms with Crippen molar-refractivity contribution in [2.75, 3.05) is 32.5 Å². The van der Waals surface area contributed by atoms with Crippen LogP contribution in [0.5, 0.6) is 0 Å². The Balaban J connectivity index is 0.000000283. The SMILES string of the molecule is CN1CCCC(NC(=O)OC(C)(C)C)C1.CNc1ccc(C=O)cc1[N+](=O)[O-]. The Bertz CT molecular complexity index is 687. The molecule has 0 aliphatic carbocycles. The van der Waals surface area contributed by atoms with Crippen LogP contribution >= 0.6 is 0 Å². The number of ether oxygens (including phenoxy) is 1. The van der Waals surface area contributed by atoms with Gasteiger partial charge in [-0.1, -0.05) is 0 Å². The molecule has 28 heavy (non-hydrogen) atoms. The number of alkyl carbamates (subject to hydrolysis) is 1. The number of likely N-dealkylation sites (tertiary alicyclic amines) is 1. The largest absolute Gasteiger partial charge is 0.444 e. The molecular formula is C19H30N4O5. The molecule has 156 valence electrons. The van der Waals surface area contributed by atoms with Gasteiger partial charge in [0, 0.05) is 31.3 Å². The van der Waals surface area contributed by atoms with Gasteiger partial charge >= 0.3 is 6.09 Å². The summed E-state index contributed by atoms with van der Waals surface area (Å²) in [6.45, 7) is 7.66. The number of nitrogens with zero attached hydrogens (tertiary/aromatic N) is 2. The van der Waals surface area contributed by atoms with Crippen molar-refractivity contribution in [3.05, 3.63) is 33.9 Å². The van der Waals surface area contributed by atoms with Crippen LogP contribution in [0.15, 0.2) is 18.2 Å². The van der Waals surface area contributed by atoms with E-state index in [2.05, 4.69) is 22.6 Å². The number of aldehydes is 1. The first kappa shape index (κ1) is 23.4. The normalized spacial score (nSPS) is 17.0. The Hall–Kier alpha value is -2.68. The highest BCUT2D eigenvalue weighted by Gasteiger charge is 2.22. The van der Waals surface area contributed by atoms with Crippen LogP contribution in [0.1, 0.15) is 44.0 Å². The van der Waals surface area contributed by atoms with Gasteiger partial charge in [-0.2, -0.15) is 0 Å². The van der Waals surface area contributed by atoms with E-state index in [1.54, 1.807) is 7.05 Å². The molecular weight excluding hydrogens is 364 g/mol. The number of anilines is 1. The fourth-order valence-electron chi connectivity index (χ4n) is 2.74. The predicted molar refractivity (Wildman–Crippen MR) is 108 cm³/mol. The van der Waals surface area contributed by atoms with Gasteiger partial charge in [0.15, 0.2) is 0 Å². The average molecular weight is 394 g/mol. The minimum Gasteiger partial charge on any atom is -0.444 e. The molecule has 2 rings (SSSR count). The Labute approximate surface area is 165 Å². The molecule has 1 aliphatic rings. The van der Waals surface area contributed by atoms with Gasteiger partial charge < -0.3 is 20.3 Å². The Kier molecular flexibility index (Phi) is 8.84. The molecule has 1 unspecified atom stereocenters. The van der Waals surface area contributed by atoms with E-state index in [-0.39, 0.29) is 17.8 Å². The molecule has 1 aromatic rings. The Morgan fingerprint density at radius 3 is 2.57 bits per heavy atom. The van der Waals surface area contributed by atoms with Crippen LogP contribution in [0, 0.1) is 10.1 Å². The molecule has 0 aromatic heterocycles. The molecule has 0 radical (unpaired) electrons. The number of hydrogen-bond donors (Lipinski definition) is 2. The topological polar surface area (TPSA) is 114 Å². The van der Waals surface area contributed by atoms with Gasteiger partial charge in [0.25, 0.3) is 5.69 Å². The summed E-state index contributed by atoms with van der Waals surface area (Å²) in [5.41, 5.74) is 0.193. The van der Waals surface area contributed by atoms with Gasteiger partial charge in [-0.05, 0) is 59.3 Å². The summed E-state index contributed by atoms with van der Waals surface area (Å²) in [4.78, 5) is 34.0. The minimum absolute atomic E-state index is 0.0906. The fourth-order valence-corrected chi connectivity index (χ4v) is 2.74. The first-order valence-corrected chi connectivity index (χ1v) is 9.15. The molecule has 0 spiro atoms. The van der Waals surface area contributed by atoms with Crippen LogP contribution in [0.2, 0.25) is 0 Å². The van der Waals surface area contributed by atoms with E-state index in [4.69, 9.17) is 4.74 Å². The Morgan fingerprint density at radius 1 is 1.39 bits per heavy atom. The summed E-state index contributed by atoms with van der Waals surface area (Å²) in [5.74, 6) is 0. The van der Waals surface area contributed by atoms with Crippen LogP contribution in [-0.4, -0.2) is 61.0 Å². The molecule has 1 amide bonds. The summed E-state index contributed by atoms with van der Waals surface area (Å²) < 4.78 is 5.21. The molecule has 0 bridgehead atoms. The zero-order chi connectivity index (χ0) is 21.3. The summed E-state index contributed by atoms with van der Waals surface area (Å²) in [6.07, 6.45) is 2.45. The second-order valence-corrected chi connectivity index (χ2v) is 7.65. The number of hydrogen-bond acceptors (Lipinski definition) is 7. The number of carbonyl (C=O) groups is 2. The number of amides is 1. The molecule has 0 saturated carbocycles.